The van der Waals surface area contributed by atoms with Crippen molar-refractivity contribution in [2.75, 3.05) is 18.4 Å². The van der Waals surface area contributed by atoms with Crippen LogP contribution in [-0.4, -0.2) is 34.8 Å². The molecule has 29 heavy (non-hydrogen) atoms. The lowest BCUT2D eigenvalue weighted by Crippen LogP contribution is -2.41. The molecule has 0 saturated carbocycles. The van der Waals surface area contributed by atoms with Crippen LogP contribution >= 0.6 is 22.7 Å². The number of piperidine rings is 1. The van der Waals surface area contributed by atoms with E-state index in [1.54, 1.807) is 0 Å². The largest absolute Gasteiger partial charge is 0.338 e. The number of rotatable bonds is 5. The van der Waals surface area contributed by atoms with Crippen molar-refractivity contribution in [3.8, 4) is 0 Å². The van der Waals surface area contributed by atoms with Crippen molar-refractivity contribution in [3.63, 3.8) is 0 Å². The minimum Gasteiger partial charge on any atom is -0.338 e. The molecular weight excluding hydrogens is 402 g/mol. The Morgan fingerprint density at radius 3 is 2.62 bits per heavy atom. The Bertz CT molecular complexity index is 972. The summed E-state index contributed by atoms with van der Waals surface area (Å²) in [6.45, 7) is 3.31. The number of aryl methyl sites for hydroxylation is 1. The maximum Gasteiger partial charge on any atom is 0.263 e. The van der Waals surface area contributed by atoms with E-state index in [0.29, 0.717) is 31.1 Å². The standard InChI is InChI=1S/C22H23N3O2S2/c1-15-4-6-16(7-5-15)13-18-14-23-22(29-18)24-20(26)17-8-10-25(11-9-17)21(27)19-3-2-12-28-19/h2-7,12,14,17H,8-11,13H2,1H3,(H,23,24,26). The average molecular weight is 426 g/mol. The van der Waals surface area contributed by atoms with Gasteiger partial charge in [-0.05, 0) is 36.8 Å². The molecule has 0 unspecified atom stereocenters. The number of carbonyl (C=O) groups is 2. The summed E-state index contributed by atoms with van der Waals surface area (Å²) in [5.74, 6) is -0.00387. The van der Waals surface area contributed by atoms with Crippen molar-refractivity contribution < 1.29 is 9.59 Å². The van der Waals surface area contributed by atoms with Crippen molar-refractivity contribution >= 4 is 39.6 Å². The molecule has 2 amide bonds. The lowest BCUT2D eigenvalue weighted by molar-refractivity contribution is -0.121. The Morgan fingerprint density at radius 1 is 1.17 bits per heavy atom. The molecule has 3 aromatic rings. The first-order chi connectivity index (χ1) is 14.1. The molecule has 7 heteroatoms. The van der Waals surface area contributed by atoms with Gasteiger partial charge < -0.3 is 10.2 Å². The van der Waals surface area contributed by atoms with Crippen LogP contribution in [0.15, 0.2) is 48.0 Å². The number of benzene rings is 1. The number of carbonyl (C=O) groups excluding carboxylic acids is 2. The van der Waals surface area contributed by atoms with E-state index >= 15 is 0 Å². The SMILES string of the molecule is Cc1ccc(Cc2cnc(NC(=O)C3CCN(C(=O)c4cccs4)CC3)s2)cc1. The Balaban J connectivity index is 1.28. The maximum absolute atomic E-state index is 12.6. The van der Waals surface area contributed by atoms with E-state index < -0.39 is 0 Å². The van der Waals surface area contributed by atoms with Crippen LogP contribution in [0.25, 0.3) is 0 Å². The van der Waals surface area contributed by atoms with Crippen LogP contribution in [0, 0.1) is 12.8 Å². The van der Waals surface area contributed by atoms with E-state index in [4.69, 9.17) is 0 Å². The van der Waals surface area contributed by atoms with Gasteiger partial charge in [-0.15, -0.1) is 22.7 Å². The van der Waals surface area contributed by atoms with E-state index in [0.717, 1.165) is 16.2 Å². The molecule has 4 rings (SSSR count). The lowest BCUT2D eigenvalue weighted by atomic mass is 9.96. The van der Waals surface area contributed by atoms with Gasteiger partial charge in [-0.2, -0.15) is 0 Å². The highest BCUT2D eigenvalue weighted by Gasteiger charge is 2.28. The van der Waals surface area contributed by atoms with Crippen molar-refractivity contribution in [1.82, 2.24) is 9.88 Å². The molecule has 1 aromatic carbocycles. The molecule has 0 aliphatic carbocycles. The Morgan fingerprint density at radius 2 is 1.93 bits per heavy atom. The number of thiophene rings is 1. The van der Waals surface area contributed by atoms with Gasteiger partial charge in [0, 0.05) is 36.5 Å². The predicted molar refractivity (Wildman–Crippen MR) is 118 cm³/mol. The Hall–Kier alpha value is -2.51. The van der Waals surface area contributed by atoms with Crippen LogP contribution in [0.4, 0.5) is 5.13 Å². The van der Waals surface area contributed by atoms with Gasteiger partial charge in [-0.1, -0.05) is 35.9 Å². The third-order valence-corrected chi connectivity index (χ3v) is 6.94. The smallest absolute Gasteiger partial charge is 0.263 e. The van der Waals surface area contributed by atoms with Gasteiger partial charge in [0.05, 0.1) is 4.88 Å². The number of hydrogen-bond donors (Lipinski definition) is 1. The summed E-state index contributed by atoms with van der Waals surface area (Å²) in [5.41, 5.74) is 2.48. The van der Waals surface area contributed by atoms with Crippen molar-refractivity contribution in [1.29, 1.82) is 0 Å². The molecule has 1 aliphatic heterocycles. The second-order valence-electron chi connectivity index (χ2n) is 7.33. The molecule has 1 aliphatic rings. The maximum atomic E-state index is 12.6. The van der Waals surface area contributed by atoms with Crippen molar-refractivity contribution in [3.05, 3.63) is 68.9 Å². The first-order valence-electron chi connectivity index (χ1n) is 9.72. The Labute approximate surface area is 178 Å². The first kappa shape index (κ1) is 19.8. The molecule has 1 fully saturated rings. The predicted octanol–water partition coefficient (Wildman–Crippen LogP) is 4.59. The number of likely N-dealkylation sites (tertiary alicyclic amines) is 1. The molecule has 0 bridgehead atoms. The molecule has 2 aromatic heterocycles. The second-order valence-corrected chi connectivity index (χ2v) is 9.39. The van der Waals surface area contributed by atoms with Gasteiger partial charge in [0.2, 0.25) is 5.91 Å². The molecule has 0 radical (unpaired) electrons. The highest BCUT2D eigenvalue weighted by molar-refractivity contribution is 7.15. The zero-order valence-corrected chi connectivity index (χ0v) is 17.9. The monoisotopic (exact) mass is 425 g/mol. The molecule has 1 saturated heterocycles. The highest BCUT2D eigenvalue weighted by atomic mass is 32.1. The van der Waals surface area contributed by atoms with E-state index in [2.05, 4.69) is 41.5 Å². The van der Waals surface area contributed by atoms with E-state index in [9.17, 15) is 9.59 Å². The molecule has 0 atom stereocenters. The normalized spacial score (nSPS) is 14.7. The molecular formula is C22H23N3O2S2. The summed E-state index contributed by atoms with van der Waals surface area (Å²) >= 11 is 2.98. The van der Waals surface area contributed by atoms with Crippen LogP contribution < -0.4 is 5.32 Å². The number of nitrogens with zero attached hydrogens (tertiary/aromatic N) is 2. The van der Waals surface area contributed by atoms with Gasteiger partial charge >= 0.3 is 0 Å². The third-order valence-electron chi connectivity index (χ3n) is 5.17. The third kappa shape index (κ3) is 4.92. The summed E-state index contributed by atoms with van der Waals surface area (Å²) in [5, 5.41) is 5.52. The van der Waals surface area contributed by atoms with Crippen LogP contribution in [0.2, 0.25) is 0 Å². The fourth-order valence-electron chi connectivity index (χ4n) is 3.46. The van der Waals surface area contributed by atoms with Crippen molar-refractivity contribution in [2.24, 2.45) is 5.92 Å². The minimum absolute atomic E-state index is 0.00413. The number of aromatic nitrogens is 1. The van der Waals surface area contributed by atoms with Crippen LogP contribution in [-0.2, 0) is 11.2 Å². The molecule has 5 nitrogen and oxygen atoms in total. The summed E-state index contributed by atoms with van der Waals surface area (Å²) in [7, 11) is 0. The number of nitrogens with one attached hydrogen (secondary N) is 1. The molecule has 3 heterocycles. The molecule has 0 spiro atoms. The zero-order chi connectivity index (χ0) is 20.2. The van der Waals surface area contributed by atoms with Gasteiger partial charge in [-0.25, -0.2) is 4.98 Å². The van der Waals surface area contributed by atoms with Gasteiger partial charge in [0.25, 0.3) is 5.91 Å². The van der Waals surface area contributed by atoms with E-state index in [1.165, 1.54) is 33.8 Å². The first-order valence-corrected chi connectivity index (χ1v) is 11.4. The van der Waals surface area contributed by atoms with E-state index in [-0.39, 0.29) is 17.7 Å². The minimum atomic E-state index is -0.0770. The van der Waals surface area contributed by atoms with Gasteiger partial charge in [0.1, 0.15) is 0 Å². The van der Waals surface area contributed by atoms with Gasteiger partial charge in [0.15, 0.2) is 5.13 Å². The quantitative estimate of drug-likeness (QED) is 0.650. The van der Waals surface area contributed by atoms with E-state index in [1.807, 2.05) is 28.6 Å². The fraction of sp³-hybridized carbons (Fsp3) is 0.318. The summed E-state index contributed by atoms with van der Waals surface area (Å²) < 4.78 is 0. The summed E-state index contributed by atoms with van der Waals surface area (Å²) in [6, 6.07) is 12.2. The van der Waals surface area contributed by atoms with Crippen LogP contribution in [0.3, 0.4) is 0 Å². The van der Waals surface area contributed by atoms with Gasteiger partial charge in [-0.3, -0.25) is 9.59 Å². The molecule has 1 N–H and O–H groups in total. The number of anilines is 1. The van der Waals surface area contributed by atoms with Crippen molar-refractivity contribution in [2.45, 2.75) is 26.2 Å². The topological polar surface area (TPSA) is 62.3 Å². The number of amides is 2. The zero-order valence-electron chi connectivity index (χ0n) is 16.3. The highest BCUT2D eigenvalue weighted by Crippen LogP contribution is 2.25. The number of thiazole rings is 1. The van der Waals surface area contributed by atoms with Crippen LogP contribution in [0.5, 0.6) is 0 Å². The molecule has 150 valence electrons. The summed E-state index contributed by atoms with van der Waals surface area (Å²) in [6.07, 6.45) is 4.02. The lowest BCUT2D eigenvalue weighted by Gasteiger charge is -2.30. The van der Waals surface area contributed by atoms with Crippen LogP contribution in [0.1, 0.15) is 38.5 Å². The summed E-state index contributed by atoms with van der Waals surface area (Å²) in [4.78, 5) is 33.2. The number of hydrogen-bond acceptors (Lipinski definition) is 5. The fourth-order valence-corrected chi connectivity index (χ4v) is 5.00. The second kappa shape index (κ2) is 8.88. The average Bonchev–Trinajstić information content (AvgIpc) is 3.42. The Kier molecular flexibility index (Phi) is 6.06.